The fourth-order valence-electron chi connectivity index (χ4n) is 2.58. The topological polar surface area (TPSA) is 82.8 Å². The maximum Gasteiger partial charge on any atom is 0.231 e. The molecule has 0 radical (unpaired) electrons. The largest absolute Gasteiger partial charge is 0.339 e. The first-order valence-electron chi connectivity index (χ1n) is 8.13. The van der Waals surface area contributed by atoms with Crippen LogP contribution in [0.25, 0.3) is 11.4 Å². The minimum absolute atomic E-state index is 0.0316. The third kappa shape index (κ3) is 3.38. The fraction of sp³-hybridized carbons (Fsp3) is 0.389. The quantitative estimate of drug-likeness (QED) is 0.779. The summed E-state index contributed by atoms with van der Waals surface area (Å²) >= 11 is 0. The van der Waals surface area contributed by atoms with Gasteiger partial charge in [0.15, 0.2) is 0 Å². The van der Waals surface area contributed by atoms with Gasteiger partial charge in [-0.3, -0.25) is 4.68 Å². The Kier molecular flexibility index (Phi) is 4.49. The highest BCUT2D eigenvalue weighted by Gasteiger charge is 2.18. The number of rotatable bonds is 5. The third-order valence-electron chi connectivity index (χ3n) is 4.24. The molecule has 0 aliphatic rings. The molecule has 2 atom stereocenters. The van der Waals surface area contributed by atoms with Crippen molar-refractivity contribution in [1.82, 2.24) is 19.9 Å². The van der Waals surface area contributed by atoms with Gasteiger partial charge >= 0.3 is 0 Å². The minimum Gasteiger partial charge on any atom is -0.339 e. The Bertz CT molecular complexity index is 834. The summed E-state index contributed by atoms with van der Waals surface area (Å²) < 4.78 is 7.36. The summed E-state index contributed by atoms with van der Waals surface area (Å²) in [6, 6.07) is 10.2. The maximum atomic E-state index is 5.90. The zero-order chi connectivity index (χ0) is 17.3. The Morgan fingerprint density at radius 2 is 2.00 bits per heavy atom. The van der Waals surface area contributed by atoms with E-state index in [0.29, 0.717) is 18.3 Å². The molecule has 2 N–H and O–H groups in total. The van der Waals surface area contributed by atoms with Gasteiger partial charge in [0.1, 0.15) is 0 Å². The van der Waals surface area contributed by atoms with Crippen LogP contribution in [0, 0.1) is 13.8 Å². The van der Waals surface area contributed by atoms with E-state index in [1.165, 1.54) is 0 Å². The number of hydrogen-bond acceptors (Lipinski definition) is 5. The SMILES string of the molecule is Cc1cc(C)n(Cc2cccc(-c3noc(C(C)C(C)N)n3)c2)n1. The predicted molar refractivity (Wildman–Crippen MR) is 92.6 cm³/mol. The monoisotopic (exact) mass is 325 g/mol. The van der Waals surface area contributed by atoms with Gasteiger partial charge in [0.2, 0.25) is 11.7 Å². The zero-order valence-corrected chi connectivity index (χ0v) is 14.5. The lowest BCUT2D eigenvalue weighted by Crippen LogP contribution is -2.22. The highest BCUT2D eigenvalue weighted by atomic mass is 16.5. The summed E-state index contributed by atoms with van der Waals surface area (Å²) in [5, 5.41) is 8.60. The number of benzene rings is 1. The second-order valence-corrected chi connectivity index (χ2v) is 6.39. The molecule has 0 aliphatic heterocycles. The molecule has 0 amide bonds. The molecule has 1 aromatic carbocycles. The first kappa shape index (κ1) is 16.4. The molecule has 2 aromatic heterocycles. The van der Waals surface area contributed by atoms with Gasteiger partial charge in [0.25, 0.3) is 0 Å². The second-order valence-electron chi connectivity index (χ2n) is 6.39. The van der Waals surface area contributed by atoms with Gasteiger partial charge in [-0.1, -0.05) is 30.3 Å². The van der Waals surface area contributed by atoms with Crippen LogP contribution >= 0.6 is 0 Å². The Balaban J connectivity index is 1.84. The van der Waals surface area contributed by atoms with Crippen LogP contribution in [0.3, 0.4) is 0 Å². The molecule has 2 heterocycles. The lowest BCUT2D eigenvalue weighted by Gasteiger charge is -2.09. The first-order chi connectivity index (χ1) is 11.4. The van der Waals surface area contributed by atoms with Gasteiger partial charge in [-0.05, 0) is 38.5 Å². The van der Waals surface area contributed by atoms with Crippen molar-refractivity contribution in [2.75, 3.05) is 0 Å². The molecular weight excluding hydrogens is 302 g/mol. The van der Waals surface area contributed by atoms with Crippen LogP contribution < -0.4 is 5.73 Å². The molecule has 6 nitrogen and oxygen atoms in total. The van der Waals surface area contributed by atoms with Crippen molar-refractivity contribution < 1.29 is 4.52 Å². The molecule has 3 aromatic rings. The third-order valence-corrected chi connectivity index (χ3v) is 4.24. The molecule has 0 aliphatic carbocycles. The zero-order valence-electron chi connectivity index (χ0n) is 14.5. The van der Waals surface area contributed by atoms with Crippen molar-refractivity contribution in [3.8, 4) is 11.4 Å². The van der Waals surface area contributed by atoms with Gasteiger partial charge in [-0.2, -0.15) is 10.1 Å². The molecule has 0 saturated carbocycles. The van der Waals surface area contributed by atoms with Gasteiger partial charge < -0.3 is 10.3 Å². The van der Waals surface area contributed by atoms with Crippen LogP contribution in [0.5, 0.6) is 0 Å². The van der Waals surface area contributed by atoms with E-state index in [0.717, 1.165) is 22.5 Å². The number of nitrogens with two attached hydrogens (primary N) is 1. The molecule has 6 heteroatoms. The maximum absolute atomic E-state index is 5.90. The van der Waals surface area contributed by atoms with Gasteiger partial charge in [-0.15, -0.1) is 0 Å². The standard InChI is InChI=1S/C18H23N5O/c1-11-8-12(2)23(21-11)10-15-6-5-7-16(9-15)17-20-18(24-22-17)13(3)14(4)19/h5-9,13-14H,10,19H2,1-4H3. The molecule has 0 bridgehead atoms. The van der Waals surface area contributed by atoms with Crippen LogP contribution in [-0.4, -0.2) is 26.0 Å². The van der Waals surface area contributed by atoms with Crippen LogP contribution in [0.1, 0.15) is 42.6 Å². The molecule has 0 saturated heterocycles. The molecule has 24 heavy (non-hydrogen) atoms. The van der Waals surface area contributed by atoms with E-state index in [1.807, 2.05) is 37.6 Å². The minimum atomic E-state index is -0.0318. The molecule has 3 rings (SSSR count). The summed E-state index contributed by atoms with van der Waals surface area (Å²) in [4.78, 5) is 4.49. The van der Waals surface area contributed by atoms with Crippen molar-refractivity contribution in [2.24, 2.45) is 5.73 Å². The molecule has 2 unspecified atom stereocenters. The van der Waals surface area contributed by atoms with Crippen LogP contribution in [-0.2, 0) is 6.54 Å². The van der Waals surface area contributed by atoms with Gasteiger partial charge in [-0.25, -0.2) is 0 Å². The van der Waals surface area contributed by atoms with Crippen molar-refractivity contribution in [3.63, 3.8) is 0 Å². The van der Waals surface area contributed by atoms with E-state index >= 15 is 0 Å². The van der Waals surface area contributed by atoms with Crippen LogP contribution in [0.4, 0.5) is 0 Å². The number of hydrogen-bond donors (Lipinski definition) is 1. The second kappa shape index (κ2) is 6.57. The molecule has 126 valence electrons. The summed E-state index contributed by atoms with van der Waals surface area (Å²) in [6.07, 6.45) is 0. The number of nitrogens with zero attached hydrogens (tertiary/aromatic N) is 4. The lowest BCUT2D eigenvalue weighted by molar-refractivity contribution is 0.347. The average Bonchev–Trinajstić information content (AvgIpc) is 3.14. The summed E-state index contributed by atoms with van der Waals surface area (Å²) in [7, 11) is 0. The molecule has 0 spiro atoms. The van der Waals surface area contributed by atoms with E-state index in [9.17, 15) is 0 Å². The van der Waals surface area contributed by atoms with Crippen molar-refractivity contribution >= 4 is 0 Å². The van der Waals surface area contributed by atoms with E-state index in [4.69, 9.17) is 10.3 Å². The molecular formula is C18H23N5O. The predicted octanol–water partition coefficient (Wildman–Crippen LogP) is 3.05. The van der Waals surface area contributed by atoms with Gasteiger partial charge in [0, 0.05) is 17.3 Å². The Hall–Kier alpha value is -2.47. The Morgan fingerprint density at radius 3 is 2.67 bits per heavy atom. The Labute approximate surface area is 141 Å². The van der Waals surface area contributed by atoms with Crippen molar-refractivity contribution in [2.45, 2.75) is 46.2 Å². The Morgan fingerprint density at radius 1 is 1.21 bits per heavy atom. The van der Waals surface area contributed by atoms with E-state index in [2.05, 4.69) is 40.4 Å². The summed E-state index contributed by atoms with van der Waals surface area (Å²) in [5.41, 5.74) is 10.1. The highest BCUT2D eigenvalue weighted by Crippen LogP contribution is 2.22. The molecule has 0 fully saturated rings. The van der Waals surface area contributed by atoms with Crippen LogP contribution in [0.2, 0.25) is 0 Å². The average molecular weight is 325 g/mol. The van der Waals surface area contributed by atoms with Crippen molar-refractivity contribution in [1.29, 1.82) is 0 Å². The van der Waals surface area contributed by atoms with Gasteiger partial charge in [0.05, 0.1) is 18.2 Å². The van der Waals surface area contributed by atoms with E-state index < -0.39 is 0 Å². The summed E-state index contributed by atoms with van der Waals surface area (Å²) in [5.74, 6) is 1.20. The number of aromatic nitrogens is 4. The van der Waals surface area contributed by atoms with E-state index in [1.54, 1.807) is 0 Å². The smallest absolute Gasteiger partial charge is 0.231 e. The van der Waals surface area contributed by atoms with E-state index in [-0.39, 0.29) is 12.0 Å². The first-order valence-corrected chi connectivity index (χ1v) is 8.13. The lowest BCUT2D eigenvalue weighted by atomic mass is 10.1. The van der Waals surface area contributed by atoms with Crippen LogP contribution in [0.15, 0.2) is 34.9 Å². The highest BCUT2D eigenvalue weighted by molar-refractivity contribution is 5.55. The van der Waals surface area contributed by atoms with Crippen molar-refractivity contribution in [3.05, 3.63) is 53.2 Å². The number of aryl methyl sites for hydroxylation is 2. The summed E-state index contributed by atoms with van der Waals surface area (Å²) in [6.45, 7) is 8.70. The normalized spacial score (nSPS) is 13.9. The fourth-order valence-corrected chi connectivity index (χ4v) is 2.58.